The molecule has 0 spiro atoms. The van der Waals surface area contributed by atoms with Crippen LogP contribution >= 0.6 is 0 Å². The topological polar surface area (TPSA) is 117 Å². The first kappa shape index (κ1) is 25.8. The minimum atomic E-state index is -1.06. The van der Waals surface area contributed by atoms with Gasteiger partial charge in [0.1, 0.15) is 0 Å². The molecular weight excluding hydrogens is 484 g/mol. The SMILES string of the molecule is CCC(CO)(CO)NC(=O)c1ccc(-c2cc(NC(=O)C3(c4ccc5c(c4)OCO5)CC3)ccc2C)cc1.[HH]. The Labute approximate surface area is 223 Å². The van der Waals surface area contributed by atoms with Crippen molar-refractivity contribution in [3.8, 4) is 22.6 Å². The number of amides is 2. The lowest BCUT2D eigenvalue weighted by molar-refractivity contribution is -0.118. The quantitative estimate of drug-likeness (QED) is 0.338. The van der Waals surface area contributed by atoms with Crippen molar-refractivity contribution in [2.24, 2.45) is 0 Å². The van der Waals surface area contributed by atoms with E-state index in [4.69, 9.17) is 9.47 Å². The van der Waals surface area contributed by atoms with Crippen LogP contribution in [0, 0.1) is 6.92 Å². The van der Waals surface area contributed by atoms with Crippen LogP contribution in [0.15, 0.2) is 60.7 Å². The Kier molecular flexibility index (Phi) is 6.86. The molecule has 3 aromatic carbocycles. The Morgan fingerprint density at radius 3 is 2.34 bits per heavy atom. The molecular formula is C30H34N2O6. The molecule has 1 heterocycles. The molecule has 200 valence electrons. The molecule has 1 aliphatic carbocycles. The highest BCUT2D eigenvalue weighted by molar-refractivity contribution is 6.02. The smallest absolute Gasteiger partial charge is 0.251 e. The summed E-state index contributed by atoms with van der Waals surface area (Å²) in [5.74, 6) is 0.954. The molecule has 2 aliphatic rings. The maximum absolute atomic E-state index is 13.4. The number of carbonyl (C=O) groups is 2. The fourth-order valence-electron chi connectivity index (χ4n) is 4.78. The molecule has 1 saturated carbocycles. The number of fused-ring (bicyclic) bond motifs is 1. The molecule has 0 aromatic heterocycles. The Morgan fingerprint density at radius 1 is 0.974 bits per heavy atom. The van der Waals surface area contributed by atoms with Crippen LogP contribution in [-0.4, -0.2) is 47.6 Å². The van der Waals surface area contributed by atoms with Gasteiger partial charge in [-0.25, -0.2) is 0 Å². The van der Waals surface area contributed by atoms with Crippen LogP contribution < -0.4 is 20.1 Å². The minimum absolute atomic E-state index is 0. The maximum Gasteiger partial charge on any atom is 0.251 e. The predicted molar refractivity (Wildman–Crippen MR) is 145 cm³/mol. The third-order valence-electron chi connectivity index (χ3n) is 7.72. The van der Waals surface area contributed by atoms with Crippen LogP contribution in [0.3, 0.4) is 0 Å². The van der Waals surface area contributed by atoms with Crippen LogP contribution in [0.25, 0.3) is 11.1 Å². The van der Waals surface area contributed by atoms with Gasteiger partial charge >= 0.3 is 0 Å². The van der Waals surface area contributed by atoms with Gasteiger partial charge in [-0.15, -0.1) is 0 Å². The van der Waals surface area contributed by atoms with E-state index in [0.717, 1.165) is 35.1 Å². The molecule has 2 amide bonds. The zero-order valence-corrected chi connectivity index (χ0v) is 21.5. The van der Waals surface area contributed by atoms with Crippen molar-refractivity contribution in [2.75, 3.05) is 25.3 Å². The number of anilines is 1. The summed E-state index contributed by atoms with van der Waals surface area (Å²) in [6.45, 7) is 3.29. The molecule has 0 radical (unpaired) electrons. The molecule has 0 unspecified atom stereocenters. The molecule has 1 fully saturated rings. The van der Waals surface area contributed by atoms with E-state index in [-0.39, 0.29) is 33.2 Å². The summed E-state index contributed by atoms with van der Waals surface area (Å²) in [5.41, 5.74) is 3.29. The van der Waals surface area contributed by atoms with Gasteiger partial charge in [0.05, 0.1) is 24.2 Å². The van der Waals surface area contributed by atoms with Gasteiger partial charge < -0.3 is 30.3 Å². The second-order valence-corrected chi connectivity index (χ2v) is 10.1. The highest BCUT2D eigenvalue weighted by Crippen LogP contribution is 2.51. The monoisotopic (exact) mass is 518 g/mol. The van der Waals surface area contributed by atoms with Gasteiger partial charge in [-0.3, -0.25) is 9.59 Å². The Morgan fingerprint density at radius 2 is 1.68 bits per heavy atom. The standard InChI is InChI=1S/C30H32N2O6.H2/c1-3-29(16-33,17-34)32-27(35)21-7-5-20(6-8-21)24-15-23(10-4-19(24)2)31-28(36)30(12-13-30)22-9-11-25-26(14-22)38-18-37-25;/h4-11,14-15,33-34H,3,12-13,16-18H2,1-2H3,(H,31,36)(H,32,35);1H. The normalized spacial score (nSPS) is 15.2. The summed E-state index contributed by atoms with van der Waals surface area (Å²) in [6, 6.07) is 18.6. The number of aryl methyl sites for hydroxylation is 1. The molecule has 0 saturated heterocycles. The lowest BCUT2D eigenvalue weighted by Gasteiger charge is -2.29. The van der Waals surface area contributed by atoms with Crippen molar-refractivity contribution in [3.63, 3.8) is 0 Å². The van der Waals surface area contributed by atoms with Crippen molar-refractivity contribution in [3.05, 3.63) is 77.4 Å². The zero-order chi connectivity index (χ0) is 26.9. The molecule has 4 N–H and O–H groups in total. The number of ether oxygens (including phenoxy) is 2. The van der Waals surface area contributed by atoms with E-state index in [0.29, 0.717) is 29.2 Å². The van der Waals surface area contributed by atoms with Gasteiger partial charge in [-0.05, 0) is 84.8 Å². The van der Waals surface area contributed by atoms with Gasteiger partial charge in [0, 0.05) is 12.7 Å². The highest BCUT2D eigenvalue weighted by atomic mass is 16.7. The molecule has 5 rings (SSSR count). The summed E-state index contributed by atoms with van der Waals surface area (Å²) in [6.07, 6.45) is 1.94. The van der Waals surface area contributed by atoms with Crippen LogP contribution in [0.2, 0.25) is 0 Å². The second-order valence-electron chi connectivity index (χ2n) is 10.1. The summed E-state index contributed by atoms with van der Waals surface area (Å²) in [4.78, 5) is 26.1. The van der Waals surface area contributed by atoms with Crippen molar-refractivity contribution in [2.45, 2.75) is 44.1 Å². The van der Waals surface area contributed by atoms with Crippen molar-refractivity contribution < 1.29 is 30.7 Å². The van der Waals surface area contributed by atoms with Gasteiger partial charge in [0.25, 0.3) is 5.91 Å². The van der Waals surface area contributed by atoms with E-state index in [1.54, 1.807) is 19.1 Å². The summed E-state index contributed by atoms with van der Waals surface area (Å²) >= 11 is 0. The molecule has 0 bridgehead atoms. The predicted octanol–water partition coefficient (Wildman–Crippen LogP) is 4.17. The maximum atomic E-state index is 13.4. The summed E-state index contributed by atoms with van der Waals surface area (Å²) < 4.78 is 10.9. The number of aliphatic hydroxyl groups excluding tert-OH is 2. The van der Waals surface area contributed by atoms with Crippen molar-refractivity contribution in [1.29, 1.82) is 0 Å². The number of hydrogen-bond donors (Lipinski definition) is 4. The average Bonchev–Trinajstić information content (AvgIpc) is 3.63. The number of rotatable bonds is 9. The summed E-state index contributed by atoms with van der Waals surface area (Å²) in [7, 11) is 0. The zero-order valence-electron chi connectivity index (χ0n) is 21.5. The Balaban J connectivity index is 0.00000353. The third-order valence-corrected chi connectivity index (χ3v) is 7.72. The van der Waals surface area contributed by atoms with Gasteiger partial charge in [-0.1, -0.05) is 31.2 Å². The lowest BCUT2D eigenvalue weighted by Crippen LogP contribution is -2.53. The van der Waals surface area contributed by atoms with E-state index >= 15 is 0 Å². The van der Waals surface area contributed by atoms with Gasteiger partial charge in [-0.2, -0.15) is 0 Å². The van der Waals surface area contributed by atoms with Crippen LogP contribution in [0.5, 0.6) is 11.5 Å². The van der Waals surface area contributed by atoms with Crippen LogP contribution in [0.1, 0.15) is 49.1 Å². The molecule has 3 aromatic rings. The number of hydrogen-bond acceptors (Lipinski definition) is 6. The fourth-order valence-corrected chi connectivity index (χ4v) is 4.78. The minimum Gasteiger partial charge on any atom is -0.454 e. The van der Waals surface area contributed by atoms with Gasteiger partial charge in [0.2, 0.25) is 12.7 Å². The van der Waals surface area contributed by atoms with E-state index in [9.17, 15) is 19.8 Å². The first-order chi connectivity index (χ1) is 18.3. The average molecular weight is 519 g/mol. The fraction of sp³-hybridized carbons (Fsp3) is 0.333. The molecule has 38 heavy (non-hydrogen) atoms. The van der Waals surface area contributed by atoms with E-state index in [1.165, 1.54) is 0 Å². The first-order valence-corrected chi connectivity index (χ1v) is 12.8. The largest absolute Gasteiger partial charge is 0.454 e. The second kappa shape index (κ2) is 10.1. The Bertz CT molecular complexity index is 1360. The lowest BCUT2D eigenvalue weighted by atomic mass is 9.94. The molecule has 8 heteroatoms. The number of nitrogens with one attached hydrogen (secondary N) is 2. The molecule has 0 atom stereocenters. The van der Waals surface area contributed by atoms with Crippen LogP contribution in [0.4, 0.5) is 5.69 Å². The van der Waals surface area contributed by atoms with Crippen molar-refractivity contribution >= 4 is 17.5 Å². The highest BCUT2D eigenvalue weighted by Gasteiger charge is 2.51. The summed E-state index contributed by atoms with van der Waals surface area (Å²) in [5, 5.41) is 25.1. The molecule has 1 aliphatic heterocycles. The van der Waals surface area contributed by atoms with E-state index in [1.807, 2.05) is 55.5 Å². The first-order valence-electron chi connectivity index (χ1n) is 12.8. The van der Waals surface area contributed by atoms with Crippen LogP contribution in [-0.2, 0) is 10.2 Å². The van der Waals surface area contributed by atoms with Crippen molar-refractivity contribution in [1.82, 2.24) is 5.32 Å². The number of benzene rings is 3. The van der Waals surface area contributed by atoms with E-state index in [2.05, 4.69) is 10.6 Å². The number of aliphatic hydroxyl groups is 2. The third kappa shape index (κ3) is 4.73. The van der Waals surface area contributed by atoms with Gasteiger partial charge in [0.15, 0.2) is 11.5 Å². The van der Waals surface area contributed by atoms with E-state index < -0.39 is 11.0 Å². The number of carbonyl (C=O) groups excluding carboxylic acids is 2. The molecule has 8 nitrogen and oxygen atoms in total. The Hall–Kier alpha value is -3.88.